The number of halogens is 1. The Hall–Kier alpha value is -2.53. The summed E-state index contributed by atoms with van der Waals surface area (Å²) in [5.41, 5.74) is 5.22. The molecule has 0 amide bonds. The van der Waals surface area contributed by atoms with Gasteiger partial charge in [-0.2, -0.15) is 5.10 Å². The number of hydrogen-bond donors (Lipinski definition) is 0. The fourth-order valence-electron chi connectivity index (χ4n) is 3.28. The summed E-state index contributed by atoms with van der Waals surface area (Å²) in [6.45, 7) is 2.10. The zero-order valence-corrected chi connectivity index (χ0v) is 16.1. The van der Waals surface area contributed by atoms with Crippen molar-refractivity contribution in [2.75, 3.05) is 5.01 Å². The Labute approximate surface area is 161 Å². The zero-order valence-electron chi connectivity index (χ0n) is 14.5. The lowest BCUT2D eigenvalue weighted by Crippen LogP contribution is -2.18. The minimum Gasteiger partial charge on any atom is -0.257 e. The van der Waals surface area contributed by atoms with Crippen molar-refractivity contribution in [3.8, 4) is 0 Å². The summed E-state index contributed by atoms with van der Waals surface area (Å²) in [6, 6.07) is 18.9. The first-order valence-electron chi connectivity index (χ1n) is 8.73. The van der Waals surface area contributed by atoms with E-state index < -0.39 is 0 Å². The summed E-state index contributed by atoms with van der Waals surface area (Å²) >= 11 is 3.52. The van der Waals surface area contributed by atoms with Crippen LogP contribution in [0.15, 0.2) is 76.6 Å². The molecule has 5 heteroatoms. The first-order chi connectivity index (χ1) is 12.8. The summed E-state index contributed by atoms with van der Waals surface area (Å²) in [5, 5.41) is 7.06. The average molecular weight is 407 g/mol. The molecule has 3 aromatic rings. The predicted octanol–water partition coefficient (Wildman–Crippen LogP) is 5.16. The number of hydrazone groups is 1. The molecule has 1 unspecified atom stereocenters. The molecule has 1 atom stereocenters. The van der Waals surface area contributed by atoms with Gasteiger partial charge in [0.2, 0.25) is 0 Å². The van der Waals surface area contributed by atoms with Crippen molar-refractivity contribution < 1.29 is 0 Å². The maximum Gasteiger partial charge on any atom is 0.108 e. The molecular weight excluding hydrogens is 388 g/mol. The van der Waals surface area contributed by atoms with Gasteiger partial charge in [0.05, 0.1) is 23.1 Å². The number of aromatic nitrogens is 2. The second-order valence-corrected chi connectivity index (χ2v) is 7.12. The van der Waals surface area contributed by atoms with Crippen molar-refractivity contribution in [3.63, 3.8) is 0 Å². The first kappa shape index (κ1) is 16.9. The molecule has 0 N–H and O–H groups in total. The number of benzene rings is 2. The molecule has 0 fully saturated rings. The van der Waals surface area contributed by atoms with Crippen LogP contribution in [0.25, 0.3) is 0 Å². The van der Waals surface area contributed by atoms with E-state index in [1.54, 1.807) is 12.4 Å². The van der Waals surface area contributed by atoms with Gasteiger partial charge in [-0.3, -0.25) is 15.0 Å². The fourth-order valence-corrected chi connectivity index (χ4v) is 3.55. The van der Waals surface area contributed by atoms with Gasteiger partial charge in [0.15, 0.2) is 0 Å². The van der Waals surface area contributed by atoms with E-state index in [2.05, 4.69) is 74.2 Å². The second-order valence-electron chi connectivity index (χ2n) is 6.20. The molecule has 0 aliphatic carbocycles. The predicted molar refractivity (Wildman–Crippen MR) is 108 cm³/mol. The van der Waals surface area contributed by atoms with Crippen LogP contribution in [0, 0.1) is 0 Å². The number of para-hydroxylation sites is 1. The van der Waals surface area contributed by atoms with Crippen LogP contribution in [-0.4, -0.2) is 15.7 Å². The van der Waals surface area contributed by atoms with E-state index in [1.165, 1.54) is 5.56 Å². The minimum atomic E-state index is 0.146. The third-order valence-electron chi connectivity index (χ3n) is 4.57. The molecule has 0 radical (unpaired) electrons. The Balaban J connectivity index is 1.77. The van der Waals surface area contributed by atoms with E-state index in [4.69, 9.17) is 5.10 Å². The van der Waals surface area contributed by atoms with Gasteiger partial charge in [0.25, 0.3) is 0 Å². The number of aryl methyl sites for hydroxylation is 1. The highest BCUT2D eigenvalue weighted by Gasteiger charge is 2.31. The monoisotopic (exact) mass is 406 g/mol. The van der Waals surface area contributed by atoms with E-state index in [0.29, 0.717) is 0 Å². The Morgan fingerprint density at radius 2 is 1.73 bits per heavy atom. The van der Waals surface area contributed by atoms with E-state index in [9.17, 15) is 0 Å². The largest absolute Gasteiger partial charge is 0.257 e. The summed E-state index contributed by atoms with van der Waals surface area (Å²) < 4.78 is 1.08. The summed E-state index contributed by atoms with van der Waals surface area (Å²) in [6.07, 6.45) is 5.15. The third kappa shape index (κ3) is 3.27. The van der Waals surface area contributed by atoms with Gasteiger partial charge < -0.3 is 0 Å². The van der Waals surface area contributed by atoms with Crippen molar-refractivity contribution >= 4 is 27.3 Å². The molecule has 26 heavy (non-hydrogen) atoms. The SMILES string of the molecule is CCc1nccnc1C1=NN(c2ccccc2)C(c2ccc(Br)cc2)C1. The molecule has 0 saturated heterocycles. The molecule has 0 spiro atoms. The Kier molecular flexibility index (Phi) is 4.80. The molecule has 1 aromatic heterocycles. The molecule has 0 bridgehead atoms. The van der Waals surface area contributed by atoms with Crippen LogP contribution in [0.2, 0.25) is 0 Å². The molecule has 2 aromatic carbocycles. The molecule has 0 saturated carbocycles. The lowest BCUT2D eigenvalue weighted by Gasteiger charge is -2.24. The van der Waals surface area contributed by atoms with Crippen LogP contribution < -0.4 is 5.01 Å². The van der Waals surface area contributed by atoms with Crippen molar-refractivity contribution in [2.45, 2.75) is 25.8 Å². The zero-order chi connectivity index (χ0) is 17.9. The van der Waals surface area contributed by atoms with Gasteiger partial charge >= 0.3 is 0 Å². The third-order valence-corrected chi connectivity index (χ3v) is 5.10. The maximum absolute atomic E-state index is 4.95. The van der Waals surface area contributed by atoms with Gasteiger partial charge in [-0.25, -0.2) is 0 Å². The van der Waals surface area contributed by atoms with E-state index in [-0.39, 0.29) is 6.04 Å². The topological polar surface area (TPSA) is 41.4 Å². The number of rotatable bonds is 4. The molecular formula is C21H19BrN4. The molecule has 4 rings (SSSR count). The summed E-state index contributed by atoms with van der Waals surface area (Å²) in [5.74, 6) is 0. The van der Waals surface area contributed by atoms with Gasteiger partial charge in [-0.05, 0) is 36.2 Å². The van der Waals surface area contributed by atoms with E-state index >= 15 is 0 Å². The van der Waals surface area contributed by atoms with Crippen LogP contribution >= 0.6 is 15.9 Å². The van der Waals surface area contributed by atoms with Crippen molar-refractivity contribution in [1.29, 1.82) is 0 Å². The van der Waals surface area contributed by atoms with Crippen LogP contribution in [0.4, 0.5) is 5.69 Å². The van der Waals surface area contributed by atoms with E-state index in [0.717, 1.165) is 40.1 Å². The van der Waals surface area contributed by atoms with Crippen molar-refractivity contribution in [1.82, 2.24) is 9.97 Å². The second kappa shape index (κ2) is 7.38. The number of nitrogens with zero attached hydrogens (tertiary/aromatic N) is 4. The van der Waals surface area contributed by atoms with Gasteiger partial charge in [-0.1, -0.05) is 53.2 Å². The smallest absolute Gasteiger partial charge is 0.108 e. The first-order valence-corrected chi connectivity index (χ1v) is 9.53. The van der Waals surface area contributed by atoms with Crippen LogP contribution in [0.5, 0.6) is 0 Å². The van der Waals surface area contributed by atoms with Crippen molar-refractivity contribution in [2.24, 2.45) is 5.10 Å². The normalized spacial score (nSPS) is 16.6. The standard InChI is InChI=1S/C21H19BrN4/c1-2-18-21(24-13-12-23-18)19-14-20(15-8-10-16(22)11-9-15)26(25-19)17-6-4-3-5-7-17/h3-13,20H,2,14H2,1H3. The van der Waals surface area contributed by atoms with Gasteiger partial charge in [-0.15, -0.1) is 0 Å². The molecule has 1 aliphatic rings. The lowest BCUT2D eigenvalue weighted by atomic mass is 9.99. The van der Waals surface area contributed by atoms with Gasteiger partial charge in [0.1, 0.15) is 5.69 Å². The summed E-state index contributed by atoms with van der Waals surface area (Å²) in [7, 11) is 0. The Morgan fingerprint density at radius 1 is 1.00 bits per heavy atom. The maximum atomic E-state index is 4.95. The highest BCUT2D eigenvalue weighted by molar-refractivity contribution is 9.10. The lowest BCUT2D eigenvalue weighted by molar-refractivity contribution is 0.708. The minimum absolute atomic E-state index is 0.146. The van der Waals surface area contributed by atoms with Crippen LogP contribution in [0.3, 0.4) is 0 Å². The summed E-state index contributed by atoms with van der Waals surface area (Å²) in [4.78, 5) is 9.06. The Morgan fingerprint density at radius 3 is 2.46 bits per heavy atom. The highest BCUT2D eigenvalue weighted by atomic mass is 79.9. The average Bonchev–Trinajstić information content (AvgIpc) is 3.14. The van der Waals surface area contributed by atoms with Crippen LogP contribution in [0.1, 0.15) is 36.3 Å². The number of anilines is 1. The Bertz CT molecular complexity index is 922. The highest BCUT2D eigenvalue weighted by Crippen LogP contribution is 2.36. The van der Waals surface area contributed by atoms with E-state index in [1.807, 2.05) is 18.2 Å². The quantitative estimate of drug-likeness (QED) is 0.600. The molecule has 130 valence electrons. The fraction of sp³-hybridized carbons (Fsp3) is 0.190. The van der Waals surface area contributed by atoms with Crippen molar-refractivity contribution in [3.05, 3.63) is 88.4 Å². The number of hydrogen-bond acceptors (Lipinski definition) is 4. The van der Waals surface area contributed by atoms with Gasteiger partial charge in [0, 0.05) is 23.3 Å². The molecule has 2 heterocycles. The molecule has 1 aliphatic heterocycles. The molecule has 4 nitrogen and oxygen atoms in total. The van der Waals surface area contributed by atoms with Crippen LogP contribution in [-0.2, 0) is 6.42 Å².